The minimum Gasteiger partial charge on any atom is -0.311 e. The van der Waals surface area contributed by atoms with Crippen molar-refractivity contribution in [2.45, 2.75) is 39.7 Å². The highest BCUT2D eigenvalue weighted by Crippen LogP contribution is 2.24. The number of rotatable bonds is 3. The van der Waals surface area contributed by atoms with Gasteiger partial charge in [0, 0.05) is 49.7 Å². The summed E-state index contributed by atoms with van der Waals surface area (Å²) >= 11 is 1.77. The molecule has 0 radical (unpaired) electrons. The van der Waals surface area contributed by atoms with Gasteiger partial charge < -0.3 is 5.32 Å². The molecule has 1 N–H and O–H groups in total. The maximum atomic E-state index is 4.43. The zero-order valence-corrected chi connectivity index (χ0v) is 12.8. The van der Waals surface area contributed by atoms with E-state index in [1.54, 1.807) is 11.3 Å². The molecule has 3 nitrogen and oxygen atoms in total. The second-order valence-corrected chi connectivity index (χ2v) is 7.33. The van der Waals surface area contributed by atoms with Crippen LogP contribution in [0, 0.1) is 5.41 Å². The first-order valence-corrected chi connectivity index (χ1v) is 7.70. The highest BCUT2D eigenvalue weighted by molar-refractivity contribution is 7.09. The predicted octanol–water partition coefficient (Wildman–Crippen LogP) is 2.57. The van der Waals surface area contributed by atoms with Crippen LogP contribution in [0.3, 0.4) is 0 Å². The summed E-state index contributed by atoms with van der Waals surface area (Å²) in [4.78, 5) is 7.01. The summed E-state index contributed by atoms with van der Waals surface area (Å²) < 4.78 is 0. The summed E-state index contributed by atoms with van der Waals surface area (Å²) in [7, 11) is 0. The number of nitrogens with one attached hydrogen (secondary N) is 1. The monoisotopic (exact) mass is 267 g/mol. The van der Waals surface area contributed by atoms with Crippen LogP contribution in [0.25, 0.3) is 0 Å². The molecular formula is C14H25N3S. The van der Waals surface area contributed by atoms with Crippen LogP contribution in [-0.4, -0.2) is 42.1 Å². The number of thiazole rings is 1. The highest BCUT2D eigenvalue weighted by atomic mass is 32.1. The summed E-state index contributed by atoms with van der Waals surface area (Å²) in [6, 6.07) is 0.592. The summed E-state index contributed by atoms with van der Waals surface area (Å²) in [6.45, 7) is 13.8. The van der Waals surface area contributed by atoms with Crippen molar-refractivity contribution >= 4 is 11.3 Å². The van der Waals surface area contributed by atoms with E-state index < -0.39 is 0 Å². The fourth-order valence-electron chi connectivity index (χ4n) is 2.50. The molecule has 1 fully saturated rings. The van der Waals surface area contributed by atoms with Crippen molar-refractivity contribution in [3.05, 3.63) is 16.6 Å². The van der Waals surface area contributed by atoms with Gasteiger partial charge in [0.2, 0.25) is 0 Å². The molecule has 0 spiro atoms. The van der Waals surface area contributed by atoms with E-state index in [9.17, 15) is 0 Å². The molecule has 2 atom stereocenters. The maximum Gasteiger partial charge on any atom is 0.0965 e. The standard InChI is InChI=1S/C14H25N3S/c1-11(13-16-6-8-18-13)9-17-7-5-15-12(10-17)14(2,3)4/h6,8,11-12,15H,5,7,9-10H2,1-4H3. The average Bonchev–Trinajstić information content (AvgIpc) is 2.81. The first-order chi connectivity index (χ1) is 8.47. The lowest BCUT2D eigenvalue weighted by atomic mass is 9.85. The van der Waals surface area contributed by atoms with E-state index in [0.29, 0.717) is 17.4 Å². The first kappa shape index (κ1) is 14.0. The van der Waals surface area contributed by atoms with Gasteiger partial charge in [0.25, 0.3) is 0 Å². The number of hydrogen-bond acceptors (Lipinski definition) is 4. The fraction of sp³-hybridized carbons (Fsp3) is 0.786. The molecule has 2 unspecified atom stereocenters. The summed E-state index contributed by atoms with van der Waals surface area (Å²) in [5.74, 6) is 0.545. The Bertz CT molecular complexity index is 356. The Hall–Kier alpha value is -0.450. The van der Waals surface area contributed by atoms with E-state index in [1.807, 2.05) is 6.20 Å². The van der Waals surface area contributed by atoms with Crippen molar-refractivity contribution in [1.29, 1.82) is 0 Å². The van der Waals surface area contributed by atoms with Crippen LogP contribution in [0.1, 0.15) is 38.6 Å². The molecule has 0 saturated carbocycles. The molecule has 1 saturated heterocycles. The molecule has 2 rings (SSSR count). The molecule has 1 aliphatic heterocycles. The Morgan fingerprint density at radius 3 is 2.94 bits per heavy atom. The van der Waals surface area contributed by atoms with Gasteiger partial charge in [-0.2, -0.15) is 0 Å². The van der Waals surface area contributed by atoms with Crippen LogP contribution in [0.4, 0.5) is 0 Å². The minimum absolute atomic E-state index is 0.336. The van der Waals surface area contributed by atoms with Crippen molar-refractivity contribution in [1.82, 2.24) is 15.2 Å². The molecule has 0 aliphatic carbocycles. The van der Waals surface area contributed by atoms with Gasteiger partial charge in [-0.3, -0.25) is 4.90 Å². The SMILES string of the molecule is CC(CN1CCNC(C(C)(C)C)C1)c1nccs1. The molecule has 0 aromatic carbocycles. The van der Waals surface area contributed by atoms with Gasteiger partial charge in [-0.25, -0.2) is 4.98 Å². The quantitative estimate of drug-likeness (QED) is 0.912. The van der Waals surface area contributed by atoms with Crippen molar-refractivity contribution in [2.75, 3.05) is 26.2 Å². The van der Waals surface area contributed by atoms with E-state index >= 15 is 0 Å². The topological polar surface area (TPSA) is 28.2 Å². The summed E-state index contributed by atoms with van der Waals surface area (Å²) in [6.07, 6.45) is 1.91. The summed E-state index contributed by atoms with van der Waals surface area (Å²) in [5, 5.41) is 6.98. The van der Waals surface area contributed by atoms with Crippen molar-refractivity contribution in [3.63, 3.8) is 0 Å². The molecule has 18 heavy (non-hydrogen) atoms. The molecule has 0 bridgehead atoms. The fourth-order valence-corrected chi connectivity index (χ4v) is 3.19. The lowest BCUT2D eigenvalue weighted by molar-refractivity contribution is 0.130. The van der Waals surface area contributed by atoms with Crippen molar-refractivity contribution in [3.8, 4) is 0 Å². The van der Waals surface area contributed by atoms with Gasteiger partial charge in [0.1, 0.15) is 0 Å². The van der Waals surface area contributed by atoms with Crippen LogP contribution < -0.4 is 5.32 Å². The van der Waals surface area contributed by atoms with E-state index in [1.165, 1.54) is 5.01 Å². The smallest absolute Gasteiger partial charge is 0.0965 e. The average molecular weight is 267 g/mol. The number of aromatic nitrogens is 1. The Balaban J connectivity index is 1.90. The highest BCUT2D eigenvalue weighted by Gasteiger charge is 2.29. The van der Waals surface area contributed by atoms with Gasteiger partial charge in [-0.05, 0) is 5.41 Å². The molecule has 1 aromatic rings. The Morgan fingerprint density at radius 1 is 1.56 bits per heavy atom. The minimum atomic E-state index is 0.336. The second-order valence-electron chi connectivity index (χ2n) is 6.40. The zero-order chi connectivity index (χ0) is 13.2. The van der Waals surface area contributed by atoms with E-state index in [2.05, 4.69) is 48.3 Å². The number of hydrogen-bond donors (Lipinski definition) is 1. The zero-order valence-electron chi connectivity index (χ0n) is 11.9. The van der Waals surface area contributed by atoms with Gasteiger partial charge >= 0.3 is 0 Å². The Kier molecular flexibility index (Phi) is 4.41. The van der Waals surface area contributed by atoms with E-state index in [0.717, 1.165) is 26.2 Å². The van der Waals surface area contributed by atoms with Gasteiger partial charge in [-0.1, -0.05) is 27.7 Å². The Morgan fingerprint density at radius 2 is 2.33 bits per heavy atom. The molecule has 2 heterocycles. The number of piperazine rings is 1. The van der Waals surface area contributed by atoms with Crippen molar-refractivity contribution in [2.24, 2.45) is 5.41 Å². The van der Waals surface area contributed by atoms with Gasteiger partial charge in [0.15, 0.2) is 0 Å². The third kappa shape index (κ3) is 3.53. The molecule has 0 amide bonds. The lowest BCUT2D eigenvalue weighted by Crippen LogP contribution is -2.56. The largest absolute Gasteiger partial charge is 0.311 e. The van der Waals surface area contributed by atoms with Gasteiger partial charge in [-0.15, -0.1) is 11.3 Å². The molecular weight excluding hydrogens is 242 g/mol. The lowest BCUT2D eigenvalue weighted by Gasteiger charge is -2.41. The van der Waals surface area contributed by atoms with Crippen LogP contribution in [0.15, 0.2) is 11.6 Å². The van der Waals surface area contributed by atoms with Crippen molar-refractivity contribution < 1.29 is 0 Å². The normalized spacial score (nSPS) is 24.1. The van der Waals surface area contributed by atoms with Gasteiger partial charge in [0.05, 0.1) is 5.01 Å². The van der Waals surface area contributed by atoms with Crippen LogP contribution in [0.2, 0.25) is 0 Å². The molecule has 102 valence electrons. The van der Waals surface area contributed by atoms with Crippen LogP contribution in [-0.2, 0) is 0 Å². The third-order valence-corrected chi connectivity index (χ3v) is 4.72. The second kappa shape index (κ2) is 5.68. The van der Waals surface area contributed by atoms with Crippen LogP contribution >= 0.6 is 11.3 Å². The molecule has 1 aromatic heterocycles. The summed E-state index contributed by atoms with van der Waals surface area (Å²) in [5.41, 5.74) is 0.336. The first-order valence-electron chi connectivity index (χ1n) is 6.82. The van der Waals surface area contributed by atoms with E-state index in [-0.39, 0.29) is 0 Å². The molecule has 1 aliphatic rings. The molecule has 4 heteroatoms. The van der Waals surface area contributed by atoms with Crippen LogP contribution in [0.5, 0.6) is 0 Å². The third-order valence-electron chi connectivity index (χ3n) is 3.71. The maximum absolute atomic E-state index is 4.43. The van der Waals surface area contributed by atoms with E-state index in [4.69, 9.17) is 0 Å². The number of nitrogens with zero attached hydrogens (tertiary/aromatic N) is 2. The Labute approximate surface area is 115 Å². The predicted molar refractivity (Wildman–Crippen MR) is 78.2 cm³/mol.